The Morgan fingerprint density at radius 3 is 2.21 bits per heavy atom. The number of carbonyl (C=O) groups excluding carboxylic acids is 2. The molecule has 0 saturated carbocycles. The summed E-state index contributed by atoms with van der Waals surface area (Å²) >= 11 is 0. The lowest BCUT2D eigenvalue weighted by atomic mass is 10.1. The SMILES string of the molecule is COc1cc2c(=O)n(Cc3ccc(C(=O)NCCC(C)C)cc3)c(=O)n(CC(=O)N3CCCC3)c2cc1OC. The van der Waals surface area contributed by atoms with Crippen LogP contribution in [0.1, 0.15) is 49.0 Å². The summed E-state index contributed by atoms with van der Waals surface area (Å²) in [6, 6.07) is 9.90. The quantitative estimate of drug-likeness (QED) is 0.426. The van der Waals surface area contributed by atoms with Crippen LogP contribution in [0.25, 0.3) is 10.9 Å². The third kappa shape index (κ3) is 6.16. The minimum Gasteiger partial charge on any atom is -0.493 e. The lowest BCUT2D eigenvalue weighted by Crippen LogP contribution is -2.43. The molecular formula is C29H36N4O6. The highest BCUT2D eigenvalue weighted by Gasteiger charge is 2.23. The number of nitrogens with zero attached hydrogens (tertiary/aromatic N) is 3. The molecule has 0 bridgehead atoms. The van der Waals surface area contributed by atoms with Crippen LogP contribution in [0.5, 0.6) is 11.5 Å². The van der Waals surface area contributed by atoms with Crippen molar-refractivity contribution < 1.29 is 19.1 Å². The number of carbonyl (C=O) groups is 2. The van der Waals surface area contributed by atoms with E-state index in [-0.39, 0.29) is 30.3 Å². The molecule has 0 aliphatic carbocycles. The zero-order chi connectivity index (χ0) is 28.1. The maximum absolute atomic E-state index is 13.7. The lowest BCUT2D eigenvalue weighted by Gasteiger charge is -2.19. The molecule has 0 radical (unpaired) electrons. The second-order valence-corrected chi connectivity index (χ2v) is 10.2. The van der Waals surface area contributed by atoms with Crippen LogP contribution < -0.4 is 26.0 Å². The Bertz CT molecular complexity index is 1470. The van der Waals surface area contributed by atoms with E-state index in [1.54, 1.807) is 35.2 Å². The largest absolute Gasteiger partial charge is 0.493 e. The third-order valence-electron chi connectivity index (χ3n) is 7.05. The van der Waals surface area contributed by atoms with Gasteiger partial charge in [0.2, 0.25) is 5.91 Å². The molecule has 10 nitrogen and oxygen atoms in total. The number of ether oxygens (including phenoxy) is 2. The second kappa shape index (κ2) is 12.2. The van der Waals surface area contributed by atoms with E-state index in [2.05, 4.69) is 19.2 Å². The molecule has 2 amide bonds. The van der Waals surface area contributed by atoms with Gasteiger partial charge in [-0.15, -0.1) is 0 Å². The highest BCUT2D eigenvalue weighted by Crippen LogP contribution is 2.30. The van der Waals surface area contributed by atoms with Crippen molar-refractivity contribution in [2.45, 2.75) is 46.2 Å². The Morgan fingerprint density at radius 2 is 1.59 bits per heavy atom. The lowest BCUT2D eigenvalue weighted by molar-refractivity contribution is -0.130. The van der Waals surface area contributed by atoms with Crippen molar-refractivity contribution in [3.05, 3.63) is 68.4 Å². The van der Waals surface area contributed by atoms with E-state index in [1.165, 1.54) is 24.9 Å². The average molecular weight is 537 g/mol. The van der Waals surface area contributed by atoms with Gasteiger partial charge in [-0.05, 0) is 48.9 Å². The summed E-state index contributed by atoms with van der Waals surface area (Å²) in [5.41, 5.74) is 0.378. The van der Waals surface area contributed by atoms with E-state index in [0.717, 1.165) is 23.8 Å². The van der Waals surface area contributed by atoms with E-state index in [0.29, 0.717) is 53.7 Å². The molecule has 1 aliphatic rings. The maximum Gasteiger partial charge on any atom is 0.332 e. The fourth-order valence-corrected chi connectivity index (χ4v) is 4.76. The predicted molar refractivity (Wildman–Crippen MR) is 149 cm³/mol. The number of aromatic nitrogens is 2. The summed E-state index contributed by atoms with van der Waals surface area (Å²) in [4.78, 5) is 54.5. The molecule has 1 aliphatic heterocycles. The summed E-state index contributed by atoms with van der Waals surface area (Å²) in [5, 5.41) is 3.14. The first-order valence-electron chi connectivity index (χ1n) is 13.3. The topological polar surface area (TPSA) is 112 Å². The predicted octanol–water partition coefficient (Wildman–Crippen LogP) is 2.63. The number of nitrogens with one attached hydrogen (secondary N) is 1. The molecule has 2 aromatic carbocycles. The van der Waals surface area contributed by atoms with Crippen LogP contribution in [0.2, 0.25) is 0 Å². The molecule has 1 fully saturated rings. The van der Waals surface area contributed by atoms with Crippen molar-refractivity contribution in [2.24, 2.45) is 5.92 Å². The van der Waals surface area contributed by atoms with Gasteiger partial charge in [-0.25, -0.2) is 4.79 Å². The van der Waals surface area contributed by atoms with Crippen LogP contribution in [0.15, 0.2) is 46.0 Å². The third-order valence-corrected chi connectivity index (χ3v) is 7.05. The molecule has 2 heterocycles. The summed E-state index contributed by atoms with van der Waals surface area (Å²) in [6.45, 7) is 5.88. The Hall–Kier alpha value is -4.08. The molecule has 1 N–H and O–H groups in total. The summed E-state index contributed by atoms with van der Waals surface area (Å²) in [5.74, 6) is 0.838. The molecule has 39 heavy (non-hydrogen) atoms. The minimum absolute atomic E-state index is 0.0187. The minimum atomic E-state index is -0.595. The Kier molecular flexibility index (Phi) is 8.73. The summed E-state index contributed by atoms with van der Waals surface area (Å²) in [7, 11) is 2.94. The van der Waals surface area contributed by atoms with Gasteiger partial charge in [0.25, 0.3) is 11.5 Å². The average Bonchev–Trinajstić information content (AvgIpc) is 3.48. The van der Waals surface area contributed by atoms with Crippen molar-refractivity contribution in [3.8, 4) is 11.5 Å². The van der Waals surface area contributed by atoms with Gasteiger partial charge in [0.05, 0.1) is 31.7 Å². The number of fused-ring (bicyclic) bond motifs is 1. The Morgan fingerprint density at radius 1 is 0.949 bits per heavy atom. The van der Waals surface area contributed by atoms with E-state index >= 15 is 0 Å². The van der Waals surface area contributed by atoms with Crippen molar-refractivity contribution in [3.63, 3.8) is 0 Å². The monoisotopic (exact) mass is 536 g/mol. The first-order valence-corrected chi connectivity index (χ1v) is 13.3. The first-order chi connectivity index (χ1) is 18.7. The molecule has 0 atom stereocenters. The molecule has 1 aromatic heterocycles. The number of rotatable bonds is 10. The highest BCUT2D eigenvalue weighted by molar-refractivity contribution is 5.94. The zero-order valence-corrected chi connectivity index (χ0v) is 23.0. The van der Waals surface area contributed by atoms with Crippen molar-refractivity contribution in [1.29, 1.82) is 0 Å². The smallest absolute Gasteiger partial charge is 0.332 e. The number of benzene rings is 2. The number of hydrogen-bond donors (Lipinski definition) is 1. The van der Waals surface area contributed by atoms with E-state index < -0.39 is 11.2 Å². The summed E-state index contributed by atoms with van der Waals surface area (Å²) in [6.07, 6.45) is 2.74. The van der Waals surface area contributed by atoms with Crippen LogP contribution in [-0.4, -0.2) is 59.7 Å². The van der Waals surface area contributed by atoms with Gasteiger partial charge in [-0.1, -0.05) is 26.0 Å². The van der Waals surface area contributed by atoms with Crippen molar-refractivity contribution in [1.82, 2.24) is 19.4 Å². The van der Waals surface area contributed by atoms with Crippen molar-refractivity contribution in [2.75, 3.05) is 33.9 Å². The van der Waals surface area contributed by atoms with Crippen LogP contribution in [0.3, 0.4) is 0 Å². The normalized spacial score (nSPS) is 13.2. The fraction of sp³-hybridized carbons (Fsp3) is 0.448. The van der Waals surface area contributed by atoms with Gasteiger partial charge in [-0.3, -0.25) is 23.5 Å². The van der Waals surface area contributed by atoms with Gasteiger partial charge in [0, 0.05) is 31.3 Å². The molecule has 1 saturated heterocycles. The number of hydrogen-bond acceptors (Lipinski definition) is 6. The molecule has 10 heteroatoms. The van der Waals surface area contributed by atoms with Crippen LogP contribution >= 0.6 is 0 Å². The molecular weight excluding hydrogens is 500 g/mol. The highest BCUT2D eigenvalue weighted by atomic mass is 16.5. The van der Waals surface area contributed by atoms with Gasteiger partial charge < -0.3 is 19.7 Å². The Labute approximate surface area is 227 Å². The van der Waals surface area contributed by atoms with Gasteiger partial charge in [0.15, 0.2) is 11.5 Å². The van der Waals surface area contributed by atoms with Crippen molar-refractivity contribution >= 4 is 22.7 Å². The van der Waals surface area contributed by atoms with E-state index in [4.69, 9.17) is 9.47 Å². The van der Waals surface area contributed by atoms with Gasteiger partial charge >= 0.3 is 5.69 Å². The number of likely N-dealkylation sites (tertiary alicyclic amines) is 1. The molecule has 4 rings (SSSR count). The van der Waals surface area contributed by atoms with E-state index in [1.807, 2.05) is 0 Å². The Balaban J connectivity index is 1.71. The first kappa shape index (κ1) is 27.9. The van der Waals surface area contributed by atoms with Gasteiger partial charge in [0.1, 0.15) is 6.54 Å². The van der Waals surface area contributed by atoms with E-state index in [9.17, 15) is 19.2 Å². The summed E-state index contributed by atoms with van der Waals surface area (Å²) < 4.78 is 13.2. The molecule has 0 spiro atoms. The van der Waals surface area contributed by atoms with Crippen LogP contribution in [0.4, 0.5) is 0 Å². The van der Waals surface area contributed by atoms with Gasteiger partial charge in [-0.2, -0.15) is 0 Å². The zero-order valence-electron chi connectivity index (χ0n) is 23.0. The molecule has 0 unspecified atom stereocenters. The van der Waals surface area contributed by atoms with Crippen LogP contribution in [-0.2, 0) is 17.9 Å². The molecule has 3 aromatic rings. The standard InChI is InChI=1S/C29H36N4O6/c1-19(2)11-12-30-27(35)21-9-7-20(8-10-21)17-33-28(36)22-15-24(38-3)25(39-4)16-23(22)32(29(33)37)18-26(34)31-13-5-6-14-31/h7-10,15-16,19H,5-6,11-14,17-18H2,1-4H3,(H,30,35). The van der Waals surface area contributed by atoms with Crippen LogP contribution in [0, 0.1) is 5.92 Å². The second-order valence-electron chi connectivity index (χ2n) is 10.2. The molecule has 208 valence electrons. The number of amides is 2. The fourth-order valence-electron chi connectivity index (χ4n) is 4.76. The number of methoxy groups -OCH3 is 2. The maximum atomic E-state index is 13.7.